The number of ether oxygens (including phenoxy) is 1. The maximum Gasteiger partial charge on any atom is 0.410 e. The third-order valence-corrected chi connectivity index (χ3v) is 3.39. The molecule has 1 aliphatic rings. The van der Waals surface area contributed by atoms with E-state index in [0.29, 0.717) is 18.7 Å². The first-order valence-electron chi connectivity index (χ1n) is 7.13. The fraction of sp³-hybridized carbons (Fsp3) is 0.500. The maximum absolute atomic E-state index is 12.1. The zero-order valence-corrected chi connectivity index (χ0v) is 13.7. The lowest BCUT2D eigenvalue weighted by molar-refractivity contribution is -0.0757. The van der Waals surface area contributed by atoms with Gasteiger partial charge in [0.1, 0.15) is 5.60 Å². The Kier molecular flexibility index (Phi) is 4.42. The highest BCUT2D eigenvalue weighted by atomic mass is 16.7. The molecule has 0 aromatic heterocycles. The summed E-state index contributed by atoms with van der Waals surface area (Å²) >= 11 is 0. The number of fused-ring (bicyclic) bond motifs is 1. The Morgan fingerprint density at radius 1 is 1.18 bits per heavy atom. The Labute approximate surface area is 130 Å². The van der Waals surface area contributed by atoms with E-state index in [9.17, 15) is 9.59 Å². The molecular formula is C16H22N2O4. The van der Waals surface area contributed by atoms with Crippen LogP contribution in [-0.4, -0.2) is 41.7 Å². The fourth-order valence-electron chi connectivity index (χ4n) is 2.25. The summed E-state index contributed by atoms with van der Waals surface area (Å²) < 4.78 is 5.38. The van der Waals surface area contributed by atoms with Crippen molar-refractivity contribution < 1.29 is 19.2 Å². The van der Waals surface area contributed by atoms with Crippen LogP contribution < -0.4 is 0 Å². The molecule has 0 bridgehead atoms. The third-order valence-electron chi connectivity index (χ3n) is 3.39. The highest BCUT2D eigenvalue weighted by molar-refractivity contribution is 5.93. The van der Waals surface area contributed by atoms with Crippen LogP contribution in [0.15, 0.2) is 18.2 Å². The number of hydrogen-bond acceptors (Lipinski definition) is 4. The lowest BCUT2D eigenvalue weighted by Gasteiger charge is -2.24. The normalized spacial score (nSPS) is 13.8. The van der Waals surface area contributed by atoms with Crippen LogP contribution >= 0.6 is 0 Å². The second kappa shape index (κ2) is 5.96. The van der Waals surface area contributed by atoms with Crippen molar-refractivity contribution in [3.8, 4) is 0 Å². The van der Waals surface area contributed by atoms with E-state index in [-0.39, 0.29) is 12.0 Å². The van der Waals surface area contributed by atoms with Gasteiger partial charge in [0.25, 0.3) is 5.91 Å². The van der Waals surface area contributed by atoms with Crippen molar-refractivity contribution in [3.05, 3.63) is 34.9 Å². The molecule has 0 saturated carbocycles. The topological polar surface area (TPSA) is 59.1 Å². The summed E-state index contributed by atoms with van der Waals surface area (Å²) in [5.74, 6) is -0.221. The molecule has 1 aromatic rings. The summed E-state index contributed by atoms with van der Waals surface area (Å²) in [4.78, 5) is 30.7. The second-order valence-electron chi connectivity index (χ2n) is 6.31. The number of rotatable bonds is 2. The van der Waals surface area contributed by atoms with Crippen molar-refractivity contribution in [2.24, 2.45) is 0 Å². The van der Waals surface area contributed by atoms with E-state index in [4.69, 9.17) is 9.57 Å². The Morgan fingerprint density at radius 3 is 2.41 bits per heavy atom. The molecule has 0 fully saturated rings. The van der Waals surface area contributed by atoms with Crippen LogP contribution in [0.2, 0.25) is 0 Å². The minimum atomic E-state index is -0.520. The van der Waals surface area contributed by atoms with Crippen molar-refractivity contribution in [3.63, 3.8) is 0 Å². The average Bonchev–Trinajstić information content (AvgIpc) is 2.86. The Bertz CT molecular complexity index is 592. The van der Waals surface area contributed by atoms with E-state index >= 15 is 0 Å². The zero-order chi connectivity index (χ0) is 16.5. The lowest BCUT2D eigenvalue weighted by Crippen LogP contribution is -2.33. The summed E-state index contributed by atoms with van der Waals surface area (Å²) in [5.41, 5.74) is 2.01. The molecule has 1 heterocycles. The van der Waals surface area contributed by atoms with Gasteiger partial charge in [-0.05, 0) is 44.0 Å². The van der Waals surface area contributed by atoms with Gasteiger partial charge >= 0.3 is 6.09 Å². The monoisotopic (exact) mass is 306 g/mol. The first kappa shape index (κ1) is 16.3. The second-order valence-corrected chi connectivity index (χ2v) is 6.31. The smallest absolute Gasteiger partial charge is 0.410 e. The largest absolute Gasteiger partial charge is 0.444 e. The van der Waals surface area contributed by atoms with Crippen molar-refractivity contribution in [1.82, 2.24) is 9.96 Å². The van der Waals surface area contributed by atoms with Crippen LogP contribution in [0.1, 0.15) is 42.3 Å². The molecule has 6 heteroatoms. The van der Waals surface area contributed by atoms with Gasteiger partial charge in [0.15, 0.2) is 0 Å². The number of hydroxylamine groups is 2. The van der Waals surface area contributed by atoms with Gasteiger partial charge < -0.3 is 4.74 Å². The molecule has 0 radical (unpaired) electrons. The van der Waals surface area contributed by atoms with Crippen LogP contribution in [0, 0.1) is 0 Å². The maximum atomic E-state index is 12.1. The molecule has 2 rings (SSSR count). The number of benzene rings is 1. The summed E-state index contributed by atoms with van der Waals surface area (Å²) in [7, 11) is 3.00. The van der Waals surface area contributed by atoms with Gasteiger partial charge in [-0.1, -0.05) is 6.07 Å². The molecule has 0 aliphatic carbocycles. The molecule has 22 heavy (non-hydrogen) atoms. The Balaban J connectivity index is 2.12. The number of amides is 2. The summed E-state index contributed by atoms with van der Waals surface area (Å²) in [6, 6.07) is 5.42. The van der Waals surface area contributed by atoms with Crippen LogP contribution in [0.5, 0.6) is 0 Å². The molecular weight excluding hydrogens is 284 g/mol. The van der Waals surface area contributed by atoms with E-state index in [1.807, 2.05) is 26.8 Å². The third kappa shape index (κ3) is 3.57. The predicted octanol–water partition coefficient (Wildman–Crippen LogP) is 2.57. The number of nitrogens with zero attached hydrogens (tertiary/aromatic N) is 2. The van der Waals surface area contributed by atoms with Gasteiger partial charge in [-0.2, -0.15) is 0 Å². The molecule has 0 spiro atoms. The van der Waals surface area contributed by atoms with Crippen LogP contribution in [-0.2, 0) is 22.7 Å². The minimum Gasteiger partial charge on any atom is -0.444 e. The fourth-order valence-corrected chi connectivity index (χ4v) is 2.25. The Hall–Kier alpha value is -2.08. The quantitative estimate of drug-likeness (QED) is 0.788. The molecule has 0 unspecified atom stereocenters. The zero-order valence-electron chi connectivity index (χ0n) is 13.7. The molecule has 0 N–H and O–H groups in total. The number of hydrogen-bond donors (Lipinski definition) is 0. The molecule has 2 amide bonds. The highest BCUT2D eigenvalue weighted by Crippen LogP contribution is 2.26. The van der Waals surface area contributed by atoms with Crippen molar-refractivity contribution in [2.45, 2.75) is 39.5 Å². The first-order chi connectivity index (χ1) is 10.2. The van der Waals surface area contributed by atoms with Crippen LogP contribution in [0.25, 0.3) is 0 Å². The predicted molar refractivity (Wildman–Crippen MR) is 81.0 cm³/mol. The van der Waals surface area contributed by atoms with E-state index in [1.54, 1.807) is 24.1 Å². The Morgan fingerprint density at radius 2 is 1.82 bits per heavy atom. The van der Waals surface area contributed by atoms with Gasteiger partial charge in [0.2, 0.25) is 0 Å². The standard InChI is InChI=1S/C16H22N2O4/c1-16(2,3)22-15(20)18-9-12-7-6-11(8-13(12)10-18)14(19)17(4)21-5/h6-8H,9-10H2,1-5H3. The van der Waals surface area contributed by atoms with E-state index in [1.165, 1.54) is 12.2 Å². The van der Waals surface area contributed by atoms with Gasteiger partial charge in [0, 0.05) is 25.7 Å². The van der Waals surface area contributed by atoms with Gasteiger partial charge in [-0.3, -0.25) is 14.5 Å². The molecule has 120 valence electrons. The van der Waals surface area contributed by atoms with E-state index < -0.39 is 5.60 Å². The highest BCUT2D eigenvalue weighted by Gasteiger charge is 2.28. The number of carbonyl (C=O) groups is 2. The van der Waals surface area contributed by atoms with Gasteiger partial charge in [-0.15, -0.1) is 0 Å². The molecule has 6 nitrogen and oxygen atoms in total. The first-order valence-corrected chi connectivity index (χ1v) is 7.13. The van der Waals surface area contributed by atoms with Crippen LogP contribution in [0.4, 0.5) is 4.79 Å². The number of carbonyl (C=O) groups excluding carboxylic acids is 2. The molecule has 0 saturated heterocycles. The summed E-state index contributed by atoms with van der Waals surface area (Å²) in [6.07, 6.45) is -0.342. The van der Waals surface area contributed by atoms with Gasteiger partial charge in [-0.25, -0.2) is 9.86 Å². The lowest BCUT2D eigenvalue weighted by atomic mass is 10.1. The summed E-state index contributed by atoms with van der Waals surface area (Å²) in [6.45, 7) is 6.46. The van der Waals surface area contributed by atoms with Crippen molar-refractivity contribution in [2.75, 3.05) is 14.2 Å². The van der Waals surface area contributed by atoms with Gasteiger partial charge in [0.05, 0.1) is 7.11 Å². The SMILES string of the molecule is CON(C)C(=O)c1ccc2c(c1)CN(C(=O)OC(C)(C)C)C2. The van der Waals surface area contributed by atoms with E-state index in [2.05, 4.69) is 0 Å². The van der Waals surface area contributed by atoms with Crippen LogP contribution in [0.3, 0.4) is 0 Å². The molecule has 0 atom stereocenters. The minimum absolute atomic E-state index is 0.221. The summed E-state index contributed by atoms with van der Waals surface area (Å²) in [5, 5.41) is 1.17. The van der Waals surface area contributed by atoms with Crippen molar-refractivity contribution >= 4 is 12.0 Å². The molecule has 1 aliphatic heterocycles. The average molecular weight is 306 g/mol. The molecule has 1 aromatic carbocycles. The van der Waals surface area contributed by atoms with E-state index in [0.717, 1.165) is 11.1 Å². The van der Waals surface area contributed by atoms with Crippen molar-refractivity contribution in [1.29, 1.82) is 0 Å².